The Morgan fingerprint density at radius 1 is 1.50 bits per heavy atom. The van der Waals surface area contributed by atoms with Crippen LogP contribution in [-0.2, 0) is 0 Å². The molecule has 0 aliphatic carbocycles. The summed E-state index contributed by atoms with van der Waals surface area (Å²) in [4.78, 5) is 12.0. The summed E-state index contributed by atoms with van der Waals surface area (Å²) in [5.41, 5.74) is 6.41. The largest absolute Gasteiger partial charge is 0.496 e. The third-order valence-electron chi connectivity index (χ3n) is 2.97. The predicted molar refractivity (Wildman–Crippen MR) is 74.5 cm³/mol. The number of methoxy groups -OCH3 is 1. The van der Waals surface area contributed by atoms with E-state index in [0.717, 1.165) is 19.3 Å². The lowest BCUT2D eigenvalue weighted by atomic mass is 10.0. The summed E-state index contributed by atoms with van der Waals surface area (Å²) >= 11 is 5.86. The van der Waals surface area contributed by atoms with Gasteiger partial charge < -0.3 is 10.5 Å². The van der Waals surface area contributed by atoms with Gasteiger partial charge >= 0.3 is 0 Å². The predicted octanol–water partition coefficient (Wildman–Crippen LogP) is 3.44. The Kier molecular flexibility index (Phi) is 6.16. The van der Waals surface area contributed by atoms with Gasteiger partial charge in [0.1, 0.15) is 5.75 Å². The minimum atomic E-state index is 0.0758. The van der Waals surface area contributed by atoms with Crippen LogP contribution in [-0.4, -0.2) is 18.9 Å². The van der Waals surface area contributed by atoms with Crippen molar-refractivity contribution in [1.82, 2.24) is 0 Å². The van der Waals surface area contributed by atoms with Gasteiger partial charge in [0.05, 0.1) is 12.7 Å². The molecule has 2 N–H and O–H groups in total. The number of carbonyl (C=O) groups excluding carboxylic acids is 1. The Labute approximate surface area is 113 Å². The lowest BCUT2D eigenvalue weighted by molar-refractivity contribution is 0.0976. The van der Waals surface area contributed by atoms with E-state index in [9.17, 15) is 4.79 Å². The van der Waals surface area contributed by atoms with E-state index in [1.165, 1.54) is 7.11 Å². The van der Waals surface area contributed by atoms with Gasteiger partial charge in [-0.2, -0.15) is 0 Å². The van der Waals surface area contributed by atoms with Crippen molar-refractivity contribution in [2.24, 2.45) is 5.73 Å². The molecule has 100 valence electrons. The van der Waals surface area contributed by atoms with Gasteiger partial charge in [-0.15, -0.1) is 0 Å². The molecule has 0 saturated heterocycles. The molecule has 0 amide bonds. The van der Waals surface area contributed by atoms with Crippen LogP contribution in [0.2, 0.25) is 5.02 Å². The molecule has 0 spiro atoms. The van der Waals surface area contributed by atoms with Crippen LogP contribution in [0.4, 0.5) is 0 Å². The zero-order valence-electron chi connectivity index (χ0n) is 10.9. The number of hydrogen-bond acceptors (Lipinski definition) is 3. The monoisotopic (exact) mass is 269 g/mol. The van der Waals surface area contributed by atoms with Gasteiger partial charge in [-0.3, -0.25) is 4.79 Å². The van der Waals surface area contributed by atoms with Crippen molar-refractivity contribution >= 4 is 17.4 Å². The molecule has 0 radical (unpaired) electrons. The van der Waals surface area contributed by atoms with Crippen molar-refractivity contribution in [1.29, 1.82) is 0 Å². The van der Waals surface area contributed by atoms with Crippen LogP contribution in [0.3, 0.4) is 0 Å². The summed E-state index contributed by atoms with van der Waals surface area (Å²) in [6, 6.07) is 5.26. The molecule has 1 rings (SSSR count). The number of hydrogen-bond donors (Lipinski definition) is 1. The lowest BCUT2D eigenvalue weighted by Gasteiger charge is -2.10. The maximum absolute atomic E-state index is 12.0. The molecule has 18 heavy (non-hydrogen) atoms. The van der Waals surface area contributed by atoms with Crippen LogP contribution in [0.25, 0.3) is 0 Å². The summed E-state index contributed by atoms with van der Waals surface area (Å²) in [7, 11) is 1.54. The van der Waals surface area contributed by atoms with Crippen LogP contribution in [0.5, 0.6) is 5.75 Å². The van der Waals surface area contributed by atoms with Crippen molar-refractivity contribution in [2.75, 3.05) is 7.11 Å². The molecular weight excluding hydrogens is 250 g/mol. The average Bonchev–Trinajstić information content (AvgIpc) is 2.37. The van der Waals surface area contributed by atoms with Gasteiger partial charge in [-0.05, 0) is 37.5 Å². The van der Waals surface area contributed by atoms with Crippen molar-refractivity contribution in [3.8, 4) is 5.75 Å². The Hall–Kier alpha value is -1.06. The minimum Gasteiger partial charge on any atom is -0.496 e. The summed E-state index contributed by atoms with van der Waals surface area (Å²) in [6.07, 6.45) is 3.11. The summed E-state index contributed by atoms with van der Waals surface area (Å²) in [6.45, 7) is 2.05. The highest BCUT2D eigenvalue weighted by Crippen LogP contribution is 2.24. The van der Waals surface area contributed by atoms with Crippen LogP contribution in [0, 0.1) is 0 Å². The molecular formula is C14H20ClNO2. The SMILES string of the molecule is CCC(N)CCCC(=O)c1ccc(Cl)cc1OC. The maximum atomic E-state index is 12.0. The van der Waals surface area contributed by atoms with Crippen molar-refractivity contribution in [2.45, 2.75) is 38.6 Å². The lowest BCUT2D eigenvalue weighted by Crippen LogP contribution is -2.18. The third-order valence-corrected chi connectivity index (χ3v) is 3.20. The van der Waals surface area contributed by atoms with E-state index in [1.807, 2.05) is 0 Å². The van der Waals surface area contributed by atoms with Crippen LogP contribution < -0.4 is 10.5 Å². The van der Waals surface area contributed by atoms with Gasteiger partial charge in [-0.1, -0.05) is 18.5 Å². The van der Waals surface area contributed by atoms with Crippen LogP contribution in [0.15, 0.2) is 18.2 Å². The number of carbonyl (C=O) groups is 1. The number of rotatable bonds is 7. The summed E-state index contributed by atoms with van der Waals surface area (Å²) in [5, 5.41) is 0.566. The second-order valence-electron chi connectivity index (χ2n) is 4.33. The van der Waals surface area contributed by atoms with E-state index in [1.54, 1.807) is 18.2 Å². The fourth-order valence-corrected chi connectivity index (χ4v) is 1.92. The van der Waals surface area contributed by atoms with Crippen molar-refractivity contribution in [3.05, 3.63) is 28.8 Å². The summed E-state index contributed by atoms with van der Waals surface area (Å²) < 4.78 is 5.17. The highest BCUT2D eigenvalue weighted by Gasteiger charge is 2.12. The first-order valence-corrected chi connectivity index (χ1v) is 6.58. The van der Waals surface area contributed by atoms with Gasteiger partial charge in [-0.25, -0.2) is 0 Å². The third kappa shape index (κ3) is 4.31. The zero-order valence-corrected chi connectivity index (χ0v) is 11.7. The molecule has 0 bridgehead atoms. The van der Waals surface area contributed by atoms with E-state index < -0.39 is 0 Å². The van der Waals surface area contributed by atoms with E-state index in [0.29, 0.717) is 22.8 Å². The first-order chi connectivity index (χ1) is 8.58. The molecule has 0 fully saturated rings. The first kappa shape index (κ1) is 15.0. The van der Waals surface area contributed by atoms with Crippen molar-refractivity contribution < 1.29 is 9.53 Å². The molecule has 1 unspecified atom stereocenters. The molecule has 0 aromatic heterocycles. The highest BCUT2D eigenvalue weighted by atomic mass is 35.5. The molecule has 4 heteroatoms. The normalized spacial score (nSPS) is 12.2. The molecule has 3 nitrogen and oxygen atoms in total. The van der Waals surface area contributed by atoms with E-state index >= 15 is 0 Å². The number of Topliss-reactive ketones (excluding diaryl/α,β-unsaturated/α-hetero) is 1. The van der Waals surface area contributed by atoms with Gasteiger partial charge in [0.25, 0.3) is 0 Å². The molecule has 1 aromatic carbocycles. The molecule has 1 atom stereocenters. The minimum absolute atomic E-state index is 0.0758. The number of nitrogens with two attached hydrogens (primary N) is 1. The van der Waals surface area contributed by atoms with Gasteiger partial charge in [0.15, 0.2) is 5.78 Å². The van der Waals surface area contributed by atoms with E-state index in [4.69, 9.17) is 22.1 Å². The van der Waals surface area contributed by atoms with Crippen molar-refractivity contribution in [3.63, 3.8) is 0 Å². The number of ketones is 1. The fraction of sp³-hybridized carbons (Fsp3) is 0.500. The molecule has 0 heterocycles. The number of halogens is 1. The average molecular weight is 270 g/mol. The highest BCUT2D eigenvalue weighted by molar-refractivity contribution is 6.30. The van der Waals surface area contributed by atoms with Gasteiger partial charge in [0, 0.05) is 17.5 Å². The Bertz CT molecular complexity index is 407. The van der Waals surface area contributed by atoms with E-state index in [-0.39, 0.29) is 11.8 Å². The molecule has 0 aliphatic rings. The zero-order chi connectivity index (χ0) is 13.5. The number of ether oxygens (including phenoxy) is 1. The smallest absolute Gasteiger partial charge is 0.166 e. The Balaban J connectivity index is 2.61. The Morgan fingerprint density at radius 2 is 2.22 bits per heavy atom. The topological polar surface area (TPSA) is 52.3 Å². The second-order valence-corrected chi connectivity index (χ2v) is 4.76. The number of benzene rings is 1. The van der Waals surface area contributed by atoms with Crippen LogP contribution in [0.1, 0.15) is 43.0 Å². The Morgan fingerprint density at radius 3 is 2.83 bits per heavy atom. The fourth-order valence-electron chi connectivity index (χ4n) is 1.76. The quantitative estimate of drug-likeness (QED) is 0.772. The molecule has 1 aromatic rings. The van der Waals surface area contributed by atoms with Gasteiger partial charge in [0.2, 0.25) is 0 Å². The molecule has 0 aliphatic heterocycles. The van der Waals surface area contributed by atoms with Crippen LogP contribution >= 0.6 is 11.6 Å². The maximum Gasteiger partial charge on any atom is 0.166 e. The first-order valence-electron chi connectivity index (χ1n) is 6.20. The summed E-state index contributed by atoms with van der Waals surface area (Å²) in [5.74, 6) is 0.610. The van der Waals surface area contributed by atoms with E-state index in [2.05, 4.69) is 6.92 Å². The molecule has 0 saturated carbocycles. The second kappa shape index (κ2) is 7.39. The standard InChI is InChI=1S/C14H20ClNO2/c1-3-11(16)5-4-6-13(17)12-8-7-10(15)9-14(12)18-2/h7-9,11H,3-6,16H2,1-2H3.